The Balaban J connectivity index is 1.33. The molecule has 36 heavy (non-hydrogen) atoms. The van der Waals surface area contributed by atoms with Crippen molar-refractivity contribution in [2.75, 3.05) is 19.8 Å². The molecule has 4 heteroatoms. The van der Waals surface area contributed by atoms with Crippen LogP contribution in [0.15, 0.2) is 78.9 Å². The maximum absolute atomic E-state index is 12.1. The molecule has 0 N–H and O–H groups in total. The van der Waals surface area contributed by atoms with Gasteiger partial charge in [-0.2, -0.15) is 0 Å². The number of unbranched alkanes of at least 4 members (excludes halogenated alkanes) is 1. The minimum absolute atomic E-state index is 0.312. The summed E-state index contributed by atoms with van der Waals surface area (Å²) in [7, 11) is 0. The number of rotatable bonds is 11. The number of aryl methyl sites for hydroxylation is 2. The number of benzene rings is 3. The minimum Gasteiger partial charge on any atom is -0.494 e. The molecule has 0 saturated carbocycles. The molecule has 3 aromatic rings. The van der Waals surface area contributed by atoms with Crippen molar-refractivity contribution in [3.8, 4) is 5.75 Å². The lowest BCUT2D eigenvalue weighted by Crippen LogP contribution is -2.28. The molecule has 4 nitrogen and oxygen atoms in total. The Kier molecular flexibility index (Phi) is 9.34. The summed E-state index contributed by atoms with van der Waals surface area (Å²) in [6.07, 6.45) is 6.33. The number of allylic oxidation sites excluding steroid dienone is 1. The van der Waals surface area contributed by atoms with E-state index in [1.165, 1.54) is 27.8 Å². The van der Waals surface area contributed by atoms with Gasteiger partial charge in [-0.05, 0) is 85.1 Å². The highest BCUT2D eigenvalue weighted by atomic mass is 16.6. The molecule has 0 spiro atoms. The van der Waals surface area contributed by atoms with Crippen LogP contribution in [0.5, 0.6) is 5.75 Å². The minimum atomic E-state index is -0.575. The van der Waals surface area contributed by atoms with Gasteiger partial charge in [0.1, 0.15) is 5.75 Å². The van der Waals surface area contributed by atoms with Gasteiger partial charge in [0.2, 0.25) is 0 Å². The van der Waals surface area contributed by atoms with Gasteiger partial charge in [-0.1, -0.05) is 66.7 Å². The molecule has 1 unspecified atom stereocenters. The summed E-state index contributed by atoms with van der Waals surface area (Å²) in [5.41, 5.74) is 7.91. The van der Waals surface area contributed by atoms with Gasteiger partial charge in [0.25, 0.3) is 0 Å². The normalized spacial score (nSPS) is 13.2. The molecule has 0 bridgehead atoms. The SMILES string of the molecule is CCOC(=O)C(Cc1ccc(OCCCC=C2c3ccccc3CCc3ccccc32)cc1)OCC. The lowest BCUT2D eigenvalue weighted by Gasteiger charge is -2.16. The van der Waals surface area contributed by atoms with Crippen molar-refractivity contribution in [3.05, 3.63) is 107 Å². The van der Waals surface area contributed by atoms with Crippen LogP contribution in [0.2, 0.25) is 0 Å². The monoisotopic (exact) mass is 484 g/mol. The Labute approximate surface area is 214 Å². The second-order valence-corrected chi connectivity index (χ2v) is 8.97. The number of carbonyl (C=O) groups is 1. The Morgan fingerprint density at radius 2 is 1.50 bits per heavy atom. The molecule has 1 aliphatic carbocycles. The number of esters is 1. The second kappa shape index (κ2) is 13.1. The molecule has 3 aromatic carbocycles. The molecular weight excluding hydrogens is 448 g/mol. The van der Waals surface area contributed by atoms with Gasteiger partial charge in [-0.3, -0.25) is 0 Å². The van der Waals surface area contributed by atoms with Crippen molar-refractivity contribution in [1.82, 2.24) is 0 Å². The zero-order valence-corrected chi connectivity index (χ0v) is 21.4. The van der Waals surface area contributed by atoms with Crippen LogP contribution >= 0.6 is 0 Å². The van der Waals surface area contributed by atoms with Crippen molar-refractivity contribution in [2.24, 2.45) is 0 Å². The Morgan fingerprint density at radius 3 is 2.11 bits per heavy atom. The first-order valence-electron chi connectivity index (χ1n) is 13.1. The molecule has 0 aliphatic heterocycles. The van der Waals surface area contributed by atoms with Gasteiger partial charge in [0.05, 0.1) is 13.2 Å². The van der Waals surface area contributed by atoms with E-state index in [0.717, 1.165) is 37.0 Å². The van der Waals surface area contributed by atoms with Crippen LogP contribution in [0.4, 0.5) is 0 Å². The van der Waals surface area contributed by atoms with Gasteiger partial charge in [0, 0.05) is 13.0 Å². The van der Waals surface area contributed by atoms with Crippen molar-refractivity contribution in [1.29, 1.82) is 0 Å². The van der Waals surface area contributed by atoms with E-state index in [1.807, 2.05) is 31.2 Å². The Bertz CT molecular complexity index is 1110. The highest BCUT2D eigenvalue weighted by Crippen LogP contribution is 2.33. The van der Waals surface area contributed by atoms with Crippen LogP contribution in [-0.2, 0) is 33.5 Å². The van der Waals surface area contributed by atoms with E-state index in [1.54, 1.807) is 6.92 Å². The van der Waals surface area contributed by atoms with Gasteiger partial charge in [-0.25, -0.2) is 4.79 Å². The first-order chi connectivity index (χ1) is 17.7. The molecule has 1 aliphatic rings. The highest BCUT2D eigenvalue weighted by Gasteiger charge is 2.20. The summed E-state index contributed by atoms with van der Waals surface area (Å²) >= 11 is 0. The average Bonchev–Trinajstić information content (AvgIpc) is 3.06. The van der Waals surface area contributed by atoms with Gasteiger partial charge in [-0.15, -0.1) is 0 Å². The quantitative estimate of drug-likeness (QED) is 0.228. The van der Waals surface area contributed by atoms with Crippen molar-refractivity contribution >= 4 is 11.5 Å². The third-order valence-corrected chi connectivity index (χ3v) is 6.51. The van der Waals surface area contributed by atoms with Crippen LogP contribution in [-0.4, -0.2) is 31.9 Å². The van der Waals surface area contributed by atoms with Crippen LogP contribution in [0, 0.1) is 0 Å². The van der Waals surface area contributed by atoms with E-state index in [9.17, 15) is 4.79 Å². The second-order valence-electron chi connectivity index (χ2n) is 8.97. The predicted molar refractivity (Wildman–Crippen MR) is 144 cm³/mol. The Hall–Kier alpha value is -3.37. The summed E-state index contributed by atoms with van der Waals surface area (Å²) < 4.78 is 16.7. The number of fused-ring (bicyclic) bond motifs is 2. The van der Waals surface area contributed by atoms with Crippen molar-refractivity contribution in [3.63, 3.8) is 0 Å². The molecule has 0 radical (unpaired) electrons. The lowest BCUT2D eigenvalue weighted by atomic mass is 9.93. The zero-order chi connectivity index (χ0) is 25.2. The van der Waals surface area contributed by atoms with E-state index in [4.69, 9.17) is 14.2 Å². The molecule has 4 rings (SSSR count). The molecule has 188 valence electrons. The first kappa shape index (κ1) is 25.7. The highest BCUT2D eigenvalue weighted by molar-refractivity contribution is 5.83. The summed E-state index contributed by atoms with van der Waals surface area (Å²) in [5, 5.41) is 0. The summed E-state index contributed by atoms with van der Waals surface area (Å²) in [5.74, 6) is 0.522. The lowest BCUT2D eigenvalue weighted by molar-refractivity contribution is -0.156. The molecule has 0 amide bonds. The summed E-state index contributed by atoms with van der Waals surface area (Å²) in [6.45, 7) is 5.16. The molecule has 0 aromatic heterocycles. The van der Waals surface area contributed by atoms with E-state index in [0.29, 0.717) is 26.2 Å². The van der Waals surface area contributed by atoms with E-state index >= 15 is 0 Å². The molecular formula is C32H36O4. The van der Waals surface area contributed by atoms with Crippen LogP contribution in [0.25, 0.3) is 5.57 Å². The smallest absolute Gasteiger partial charge is 0.335 e. The first-order valence-corrected chi connectivity index (χ1v) is 13.1. The van der Waals surface area contributed by atoms with Crippen LogP contribution < -0.4 is 4.74 Å². The maximum Gasteiger partial charge on any atom is 0.335 e. The third kappa shape index (κ3) is 6.64. The Morgan fingerprint density at radius 1 is 0.861 bits per heavy atom. The number of ether oxygens (including phenoxy) is 3. The fourth-order valence-corrected chi connectivity index (χ4v) is 4.74. The van der Waals surface area contributed by atoms with Gasteiger partial charge >= 0.3 is 5.97 Å². The fraction of sp³-hybridized carbons (Fsp3) is 0.344. The maximum atomic E-state index is 12.1. The van der Waals surface area contributed by atoms with E-state index < -0.39 is 6.10 Å². The molecule has 0 saturated heterocycles. The molecule has 1 atom stereocenters. The van der Waals surface area contributed by atoms with E-state index in [2.05, 4.69) is 54.6 Å². The van der Waals surface area contributed by atoms with E-state index in [-0.39, 0.29) is 5.97 Å². The topological polar surface area (TPSA) is 44.8 Å². The van der Waals surface area contributed by atoms with Crippen molar-refractivity contribution < 1.29 is 19.0 Å². The zero-order valence-electron chi connectivity index (χ0n) is 21.4. The average molecular weight is 485 g/mol. The van der Waals surface area contributed by atoms with Gasteiger partial charge in [0.15, 0.2) is 6.10 Å². The standard InChI is InChI=1S/C32H36O4/c1-3-34-31(32(33)35-4-2)23-24-16-20-27(21-17-24)36-22-10-9-15-30-28-13-7-5-11-25(28)18-19-26-12-6-8-14-29(26)30/h5-8,11-17,20-21,31H,3-4,9-10,18-19,22-23H2,1-2H3. The number of hydrogen-bond acceptors (Lipinski definition) is 4. The fourth-order valence-electron chi connectivity index (χ4n) is 4.74. The number of hydrogen-bond donors (Lipinski definition) is 0. The van der Waals surface area contributed by atoms with Crippen LogP contribution in [0.3, 0.4) is 0 Å². The summed E-state index contributed by atoms with van der Waals surface area (Å²) in [6, 6.07) is 25.4. The predicted octanol–water partition coefficient (Wildman–Crippen LogP) is 6.59. The van der Waals surface area contributed by atoms with Crippen molar-refractivity contribution in [2.45, 2.75) is 52.1 Å². The van der Waals surface area contributed by atoms with Gasteiger partial charge < -0.3 is 14.2 Å². The molecule has 0 fully saturated rings. The third-order valence-electron chi connectivity index (χ3n) is 6.51. The number of carbonyl (C=O) groups excluding carboxylic acids is 1. The molecule has 0 heterocycles. The largest absolute Gasteiger partial charge is 0.494 e. The summed E-state index contributed by atoms with van der Waals surface area (Å²) in [4.78, 5) is 12.1. The van der Waals surface area contributed by atoms with Crippen LogP contribution in [0.1, 0.15) is 54.5 Å².